The molecule has 0 unspecified atom stereocenters. The molecule has 0 rings (SSSR count). The molecule has 0 atom stereocenters. The van der Waals surface area contributed by atoms with Crippen LogP contribution in [0, 0.1) is 0 Å². The molecule has 2 N–H and O–H groups in total. The molecule has 0 fully saturated rings. The molecule has 0 aliphatic heterocycles. The molecule has 15 heavy (non-hydrogen) atoms. The summed E-state index contributed by atoms with van der Waals surface area (Å²) in [6, 6.07) is 0. The summed E-state index contributed by atoms with van der Waals surface area (Å²) in [6.07, 6.45) is -2.51. The summed E-state index contributed by atoms with van der Waals surface area (Å²) >= 11 is 8.24. The Hall–Kier alpha value is 1.19. The first-order valence-electron chi connectivity index (χ1n) is 3.60. The van der Waals surface area contributed by atoms with Gasteiger partial charge in [-0.25, -0.2) is 9.59 Å². The van der Waals surface area contributed by atoms with Crippen molar-refractivity contribution in [3.8, 4) is 0 Å². The van der Waals surface area contributed by atoms with Gasteiger partial charge in [-0.15, -0.1) is 0 Å². The predicted octanol–water partition coefficient (Wildman–Crippen LogP) is 1.78. The molecule has 0 aliphatic rings. The van der Waals surface area contributed by atoms with E-state index in [1.54, 1.807) is 0 Å². The van der Waals surface area contributed by atoms with Crippen LogP contribution >= 0.6 is 39.8 Å². The van der Waals surface area contributed by atoms with Gasteiger partial charge in [-0.3, -0.25) is 0 Å². The van der Waals surface area contributed by atoms with Gasteiger partial charge in [0.15, 0.2) is 0 Å². The fourth-order valence-electron chi connectivity index (χ4n) is 0.378. The molecule has 0 saturated heterocycles. The van der Waals surface area contributed by atoms with Gasteiger partial charge in [0, 0.05) is 6.42 Å². The van der Waals surface area contributed by atoms with Crippen molar-refractivity contribution < 1.29 is 29.3 Å². The molecular weight excluding hydrogens is 424 g/mol. The predicted molar refractivity (Wildman–Crippen MR) is 72.1 cm³/mol. The second-order valence-corrected chi connectivity index (χ2v) is 1.58. The topological polar surface area (TPSA) is 93.1 Å². The van der Waals surface area contributed by atoms with Crippen molar-refractivity contribution in [3.63, 3.8) is 0 Å². The summed E-state index contributed by atoms with van der Waals surface area (Å²) in [5.41, 5.74) is 0. The number of carbonyl (C=O) groups is 2. The first-order chi connectivity index (χ1) is 7.13. The Bertz CT molecular complexity index is 142. The average molecular weight is 432 g/mol. The summed E-state index contributed by atoms with van der Waals surface area (Å²) in [7, 11) is 0. The molecule has 0 amide bonds. The van der Waals surface area contributed by atoms with Crippen molar-refractivity contribution in [1.82, 2.24) is 0 Å². The van der Waals surface area contributed by atoms with Gasteiger partial charge in [0.1, 0.15) is 0 Å². The Morgan fingerprint density at radius 1 is 0.933 bits per heavy atom. The molecule has 0 bridgehead atoms. The van der Waals surface area contributed by atoms with Crippen LogP contribution in [0.15, 0.2) is 0 Å². The third-order valence-corrected chi connectivity index (χ3v) is 0.740. The van der Waals surface area contributed by atoms with Crippen LogP contribution in [0.1, 0.15) is 6.42 Å². The van der Waals surface area contributed by atoms with Gasteiger partial charge >= 0.3 is 80.7 Å². The van der Waals surface area contributed by atoms with Crippen molar-refractivity contribution in [3.05, 3.63) is 0 Å². The molecule has 0 saturated carbocycles. The Labute approximate surface area is 128 Å². The maximum atomic E-state index is 9.72. The normalized spacial score (nSPS) is 7.33. The van der Waals surface area contributed by atoms with Gasteiger partial charge < -0.3 is 19.7 Å². The molecular formula is C5H8I2Li2O6. The van der Waals surface area contributed by atoms with Crippen molar-refractivity contribution in [2.45, 2.75) is 6.42 Å². The van der Waals surface area contributed by atoms with Gasteiger partial charge in [0.05, 0.1) is 13.2 Å². The zero-order valence-corrected chi connectivity index (χ0v) is 12.7. The van der Waals surface area contributed by atoms with E-state index in [0.717, 1.165) is 0 Å². The van der Waals surface area contributed by atoms with Gasteiger partial charge in [-0.2, -0.15) is 0 Å². The molecule has 6 nitrogen and oxygen atoms in total. The molecule has 80 valence electrons. The van der Waals surface area contributed by atoms with Crippen molar-refractivity contribution in [1.29, 1.82) is 0 Å². The maximum absolute atomic E-state index is 9.72. The monoisotopic (exact) mass is 432 g/mol. The zero-order valence-electron chi connectivity index (χ0n) is 8.40. The Morgan fingerprint density at radius 2 is 1.20 bits per heavy atom. The second kappa shape index (κ2) is 20.6. The van der Waals surface area contributed by atoms with Gasteiger partial charge in [-0.1, -0.05) is 0 Å². The molecule has 0 aromatic rings. The summed E-state index contributed by atoms with van der Waals surface area (Å²) in [5, 5.41) is 15.9. The molecule has 0 heterocycles. The Balaban J connectivity index is -0.000000318. The Morgan fingerprint density at radius 3 is 1.40 bits per heavy atom. The minimum absolute atomic E-state index is 0.0530. The SMILES string of the molecule is O=C(O)OCCCOC(=O)O.[Li][I].[Li][I]. The van der Waals surface area contributed by atoms with Crippen LogP contribution in [0.3, 0.4) is 0 Å². The first-order valence-corrected chi connectivity index (χ1v) is 7.91. The minimum atomic E-state index is -1.37. The van der Waals surface area contributed by atoms with Crippen molar-refractivity contribution in [2.24, 2.45) is 0 Å². The first kappa shape index (κ1) is 21.5. The average Bonchev–Trinajstić information content (AvgIpc) is 2.22. The van der Waals surface area contributed by atoms with Gasteiger partial charge in [-0.05, 0) is 0 Å². The van der Waals surface area contributed by atoms with Crippen LogP contribution in [-0.2, 0) is 9.47 Å². The number of carboxylic acid groups (broad SMARTS) is 2. The van der Waals surface area contributed by atoms with Crippen LogP contribution in [0.25, 0.3) is 0 Å². The fourth-order valence-corrected chi connectivity index (χ4v) is 0.378. The van der Waals surface area contributed by atoms with Crippen molar-refractivity contribution in [2.75, 3.05) is 13.2 Å². The van der Waals surface area contributed by atoms with Crippen LogP contribution in [0.2, 0.25) is 0 Å². The van der Waals surface area contributed by atoms with E-state index in [1.807, 2.05) is 28.5 Å². The summed E-state index contributed by atoms with van der Waals surface area (Å²) in [6.45, 7) is -0.106. The van der Waals surface area contributed by atoms with E-state index >= 15 is 0 Å². The van der Waals surface area contributed by atoms with Crippen LogP contribution < -0.4 is 0 Å². The van der Waals surface area contributed by atoms with E-state index in [-0.39, 0.29) is 19.6 Å². The van der Waals surface area contributed by atoms with E-state index in [0.29, 0.717) is 0 Å². The number of rotatable bonds is 4. The van der Waals surface area contributed by atoms with E-state index in [2.05, 4.69) is 49.3 Å². The van der Waals surface area contributed by atoms with E-state index in [9.17, 15) is 9.59 Å². The molecule has 0 spiro atoms. The molecule has 0 aromatic heterocycles. The number of hydrogen-bond donors (Lipinski definition) is 2. The van der Waals surface area contributed by atoms with Crippen LogP contribution in [0.4, 0.5) is 9.59 Å². The standard InChI is InChI=1S/C5H8O6.2HI.2Li/c6-4(7)10-2-1-3-11-5(8)9;;;;/h1-3H2,(H,6,7)(H,8,9);2*1H;;/q;;;2*+1/p-2. The van der Waals surface area contributed by atoms with Gasteiger partial charge in [0.25, 0.3) is 0 Å². The number of halogens is 2. The summed E-state index contributed by atoms with van der Waals surface area (Å²) in [5.74, 6) is 0. The molecule has 10 heteroatoms. The number of hydrogen-bond acceptors (Lipinski definition) is 4. The third-order valence-electron chi connectivity index (χ3n) is 0.740. The number of ether oxygens (including phenoxy) is 2. The summed E-state index contributed by atoms with van der Waals surface area (Å²) in [4.78, 5) is 19.4. The molecule has 0 aliphatic carbocycles. The quantitative estimate of drug-likeness (QED) is 0.305. The zero-order chi connectivity index (χ0) is 12.7. The van der Waals surface area contributed by atoms with Crippen molar-refractivity contribution >= 4 is 80.7 Å². The second-order valence-electron chi connectivity index (χ2n) is 1.58. The van der Waals surface area contributed by atoms with E-state index < -0.39 is 12.3 Å². The Kier molecular flexibility index (Phi) is 29.5. The molecule has 0 aromatic carbocycles. The summed E-state index contributed by atoms with van der Waals surface area (Å²) < 4.78 is 8.13. The van der Waals surface area contributed by atoms with Crippen LogP contribution in [0.5, 0.6) is 0 Å². The van der Waals surface area contributed by atoms with Gasteiger partial charge in [0.2, 0.25) is 0 Å². The van der Waals surface area contributed by atoms with E-state index in [4.69, 9.17) is 10.2 Å². The third kappa shape index (κ3) is 31.3. The van der Waals surface area contributed by atoms with Crippen LogP contribution in [-0.4, -0.2) is 64.3 Å². The van der Waals surface area contributed by atoms with E-state index in [1.165, 1.54) is 0 Å². The molecule has 0 radical (unpaired) electrons. The fraction of sp³-hybridized carbons (Fsp3) is 0.600.